The molecular formula is C24H24N4O5. The van der Waals surface area contributed by atoms with Gasteiger partial charge in [-0.1, -0.05) is 30.3 Å². The number of rotatable bonds is 4. The number of esters is 1. The van der Waals surface area contributed by atoms with Crippen LogP contribution in [0.4, 0.5) is 11.4 Å². The number of ether oxygens (including phenoxy) is 1. The predicted molar refractivity (Wildman–Crippen MR) is 123 cm³/mol. The molecule has 0 radical (unpaired) electrons. The van der Waals surface area contributed by atoms with E-state index in [4.69, 9.17) is 4.74 Å². The van der Waals surface area contributed by atoms with Gasteiger partial charge in [-0.25, -0.2) is 4.68 Å². The Morgan fingerprint density at radius 2 is 1.70 bits per heavy atom. The van der Waals surface area contributed by atoms with Gasteiger partial charge < -0.3 is 10.1 Å². The summed E-state index contributed by atoms with van der Waals surface area (Å²) in [5, 5.41) is 8.00. The second-order valence-corrected chi connectivity index (χ2v) is 8.43. The highest BCUT2D eigenvalue weighted by Gasteiger charge is 2.45. The number of anilines is 2. The number of carbonyl (C=O) groups is 3. The zero-order valence-corrected chi connectivity index (χ0v) is 18.8. The summed E-state index contributed by atoms with van der Waals surface area (Å²) in [4.78, 5) is 52.3. The van der Waals surface area contributed by atoms with Gasteiger partial charge >= 0.3 is 5.97 Å². The van der Waals surface area contributed by atoms with Crippen molar-refractivity contribution in [3.05, 3.63) is 64.6 Å². The number of amides is 2. The standard InChI is InChI=1S/C24H24N4O5/c1-14(21(30)28-19-12-8-7-11-17(19)25-23(32)24(28,2)3)33-20(29)13-18-15-9-5-6-10-16(15)22(31)27(4)26-18/h5-12,14H,13H2,1-4H3,(H,25,32)/t14-/m1/s1. The average molecular weight is 448 g/mol. The van der Waals surface area contributed by atoms with Crippen LogP contribution in [-0.4, -0.2) is 39.2 Å². The Morgan fingerprint density at radius 1 is 1.06 bits per heavy atom. The minimum Gasteiger partial charge on any atom is -0.452 e. The third-order valence-electron chi connectivity index (χ3n) is 5.73. The lowest BCUT2D eigenvalue weighted by atomic mass is 9.95. The number of benzene rings is 2. The quantitative estimate of drug-likeness (QED) is 0.613. The largest absolute Gasteiger partial charge is 0.452 e. The van der Waals surface area contributed by atoms with Gasteiger partial charge in [0.1, 0.15) is 5.54 Å². The maximum atomic E-state index is 13.3. The van der Waals surface area contributed by atoms with Gasteiger partial charge in [0, 0.05) is 12.4 Å². The van der Waals surface area contributed by atoms with E-state index in [1.807, 2.05) is 0 Å². The molecule has 2 heterocycles. The van der Waals surface area contributed by atoms with E-state index in [-0.39, 0.29) is 17.9 Å². The molecule has 0 fully saturated rings. The summed E-state index contributed by atoms with van der Waals surface area (Å²) >= 11 is 0. The topological polar surface area (TPSA) is 111 Å². The van der Waals surface area contributed by atoms with Crippen LogP contribution >= 0.6 is 0 Å². The lowest BCUT2D eigenvalue weighted by molar-refractivity contribution is -0.153. The summed E-state index contributed by atoms with van der Waals surface area (Å²) in [6, 6.07) is 13.8. The summed E-state index contributed by atoms with van der Waals surface area (Å²) < 4.78 is 6.61. The minimum absolute atomic E-state index is 0.216. The van der Waals surface area contributed by atoms with Crippen LogP contribution in [0.15, 0.2) is 53.3 Å². The van der Waals surface area contributed by atoms with E-state index in [2.05, 4.69) is 10.4 Å². The molecule has 3 aromatic rings. The van der Waals surface area contributed by atoms with Crippen LogP contribution in [0.1, 0.15) is 26.5 Å². The molecule has 1 aromatic heterocycles. The molecule has 1 atom stereocenters. The fraction of sp³-hybridized carbons (Fsp3) is 0.292. The van der Waals surface area contributed by atoms with Crippen LogP contribution in [0.25, 0.3) is 10.8 Å². The van der Waals surface area contributed by atoms with Crippen molar-refractivity contribution in [2.75, 3.05) is 10.2 Å². The van der Waals surface area contributed by atoms with Gasteiger partial charge in [0.15, 0.2) is 6.10 Å². The first-order valence-electron chi connectivity index (χ1n) is 10.5. The molecule has 4 rings (SSSR count). The van der Waals surface area contributed by atoms with Gasteiger partial charge in [-0.2, -0.15) is 5.10 Å². The van der Waals surface area contributed by atoms with E-state index in [0.29, 0.717) is 27.8 Å². The van der Waals surface area contributed by atoms with Crippen LogP contribution in [0, 0.1) is 0 Å². The smallest absolute Gasteiger partial charge is 0.312 e. The number of hydrogen-bond acceptors (Lipinski definition) is 6. The zero-order valence-electron chi connectivity index (χ0n) is 18.8. The van der Waals surface area contributed by atoms with Crippen LogP contribution < -0.4 is 15.8 Å². The van der Waals surface area contributed by atoms with Gasteiger partial charge in [0.05, 0.1) is 28.9 Å². The van der Waals surface area contributed by atoms with Gasteiger partial charge in [0.2, 0.25) is 5.91 Å². The summed E-state index contributed by atoms with van der Waals surface area (Å²) in [6.07, 6.45) is -1.36. The third-order valence-corrected chi connectivity index (χ3v) is 5.73. The average Bonchev–Trinajstić information content (AvgIpc) is 2.77. The lowest BCUT2D eigenvalue weighted by Crippen LogP contribution is -2.60. The normalized spacial score (nSPS) is 15.5. The van der Waals surface area contributed by atoms with E-state index < -0.39 is 23.5 Å². The highest BCUT2D eigenvalue weighted by Crippen LogP contribution is 2.37. The molecule has 1 aliphatic heterocycles. The predicted octanol–water partition coefficient (Wildman–Crippen LogP) is 2.17. The Bertz CT molecular complexity index is 1340. The lowest BCUT2D eigenvalue weighted by Gasteiger charge is -2.42. The fourth-order valence-corrected chi connectivity index (χ4v) is 3.96. The van der Waals surface area contributed by atoms with Crippen molar-refractivity contribution in [1.82, 2.24) is 9.78 Å². The number of para-hydroxylation sites is 2. The van der Waals surface area contributed by atoms with Crippen LogP contribution in [0.5, 0.6) is 0 Å². The second kappa shape index (κ2) is 8.16. The molecule has 170 valence electrons. The van der Waals surface area contributed by atoms with Gasteiger partial charge in [0.25, 0.3) is 11.5 Å². The molecule has 0 spiro atoms. The fourth-order valence-electron chi connectivity index (χ4n) is 3.96. The molecule has 0 bridgehead atoms. The summed E-state index contributed by atoms with van der Waals surface area (Å²) in [5.74, 6) is -1.53. The van der Waals surface area contributed by atoms with Crippen LogP contribution in [-0.2, 0) is 32.6 Å². The number of hydrogen-bond donors (Lipinski definition) is 1. The first kappa shape index (κ1) is 22.2. The van der Waals surface area contributed by atoms with Crippen molar-refractivity contribution < 1.29 is 19.1 Å². The number of nitrogens with zero attached hydrogens (tertiary/aromatic N) is 3. The second-order valence-electron chi connectivity index (χ2n) is 8.43. The van der Waals surface area contributed by atoms with Crippen molar-refractivity contribution in [2.45, 2.75) is 38.8 Å². The van der Waals surface area contributed by atoms with Crippen molar-refractivity contribution in [3.8, 4) is 0 Å². The molecule has 33 heavy (non-hydrogen) atoms. The van der Waals surface area contributed by atoms with Gasteiger partial charge in [-0.3, -0.25) is 24.1 Å². The van der Waals surface area contributed by atoms with Crippen molar-refractivity contribution in [2.24, 2.45) is 7.05 Å². The summed E-state index contributed by atoms with van der Waals surface area (Å²) in [5.41, 5.74) is -0.0344. The Labute approximate surface area is 190 Å². The van der Waals surface area contributed by atoms with E-state index in [9.17, 15) is 19.2 Å². The van der Waals surface area contributed by atoms with Crippen molar-refractivity contribution in [3.63, 3.8) is 0 Å². The molecule has 1 N–H and O–H groups in total. The number of carbonyl (C=O) groups excluding carboxylic acids is 3. The van der Waals surface area contributed by atoms with Crippen LogP contribution in [0.3, 0.4) is 0 Å². The Morgan fingerprint density at radius 3 is 2.42 bits per heavy atom. The molecule has 0 saturated heterocycles. The Kier molecular flexibility index (Phi) is 5.49. The van der Waals surface area contributed by atoms with Gasteiger partial charge in [-0.15, -0.1) is 0 Å². The highest BCUT2D eigenvalue weighted by molar-refractivity contribution is 6.15. The molecule has 1 aliphatic rings. The molecule has 0 saturated carbocycles. The maximum Gasteiger partial charge on any atom is 0.312 e. The molecule has 9 heteroatoms. The van der Waals surface area contributed by atoms with E-state index in [1.54, 1.807) is 62.4 Å². The van der Waals surface area contributed by atoms with E-state index in [0.717, 1.165) is 0 Å². The van der Waals surface area contributed by atoms with E-state index >= 15 is 0 Å². The molecule has 0 aliphatic carbocycles. The molecule has 2 aromatic carbocycles. The number of aryl methyl sites for hydroxylation is 1. The summed E-state index contributed by atoms with van der Waals surface area (Å²) in [6.45, 7) is 4.73. The first-order valence-corrected chi connectivity index (χ1v) is 10.5. The minimum atomic E-state index is -1.18. The molecule has 9 nitrogen and oxygen atoms in total. The third kappa shape index (κ3) is 3.86. The molecule has 0 unspecified atom stereocenters. The number of aromatic nitrogens is 2. The van der Waals surface area contributed by atoms with Crippen molar-refractivity contribution >= 4 is 39.9 Å². The molecular weight excluding hydrogens is 424 g/mol. The number of nitrogens with one attached hydrogen (secondary N) is 1. The van der Waals surface area contributed by atoms with E-state index in [1.165, 1.54) is 23.6 Å². The monoisotopic (exact) mass is 448 g/mol. The van der Waals surface area contributed by atoms with Crippen LogP contribution in [0.2, 0.25) is 0 Å². The highest BCUT2D eigenvalue weighted by atomic mass is 16.5. The van der Waals surface area contributed by atoms with Crippen molar-refractivity contribution in [1.29, 1.82) is 0 Å². The summed E-state index contributed by atoms with van der Waals surface area (Å²) in [7, 11) is 1.51. The Hall–Kier alpha value is -4.01. The Balaban J connectivity index is 1.57. The molecule has 2 amide bonds. The maximum absolute atomic E-state index is 13.3. The SMILES string of the molecule is C[C@@H](OC(=O)Cc1nn(C)c(=O)c2ccccc12)C(=O)N1c2ccccc2NC(=O)C1(C)C. The first-order chi connectivity index (χ1) is 15.6. The number of fused-ring (bicyclic) bond motifs is 2. The zero-order chi connectivity index (χ0) is 23.9. The van der Waals surface area contributed by atoms with Gasteiger partial charge in [-0.05, 0) is 39.0 Å².